The van der Waals surface area contributed by atoms with Crippen LogP contribution in [0.15, 0.2) is 97.1 Å². The molecule has 2 heterocycles. The molecule has 4 amide bonds. The lowest BCUT2D eigenvalue weighted by Gasteiger charge is -2.30. The highest BCUT2D eigenvalue weighted by Gasteiger charge is 2.36. The van der Waals surface area contributed by atoms with Crippen molar-refractivity contribution in [2.24, 2.45) is 0 Å². The van der Waals surface area contributed by atoms with Gasteiger partial charge in [0, 0.05) is 46.1 Å². The summed E-state index contributed by atoms with van der Waals surface area (Å²) in [5.74, 6) is -1.15. The molecule has 7 aromatic carbocycles. The molecule has 244 valence electrons. The first-order valence-corrected chi connectivity index (χ1v) is 17.5. The normalized spacial score (nSPS) is 14.4. The first kappa shape index (κ1) is 30.2. The SMILES string of the molecule is CCc1ccc(CCN2C(=O)c3ccc4c5ccc6c7c(ccc(c8ccc(c3c48)C2=O)c75)C(=O)N(CCc2ccc(CC)cc2)C6=O)cc1. The van der Waals surface area contributed by atoms with Crippen molar-refractivity contribution in [3.63, 3.8) is 0 Å². The molecule has 0 aromatic heterocycles. The van der Waals surface area contributed by atoms with Crippen LogP contribution in [0.1, 0.15) is 77.5 Å². The highest BCUT2D eigenvalue weighted by molar-refractivity contribution is 6.41. The minimum atomic E-state index is -0.287. The Labute approximate surface area is 289 Å². The third-order valence-electron chi connectivity index (χ3n) is 10.9. The number of fused-ring (bicyclic) bond motifs is 2. The zero-order valence-electron chi connectivity index (χ0n) is 28.0. The van der Waals surface area contributed by atoms with Crippen LogP contribution >= 0.6 is 0 Å². The lowest BCUT2D eigenvalue weighted by atomic mass is 9.82. The van der Waals surface area contributed by atoms with E-state index in [-0.39, 0.29) is 23.6 Å². The summed E-state index contributed by atoms with van der Waals surface area (Å²) in [5.41, 5.74) is 6.72. The maximum Gasteiger partial charge on any atom is 0.261 e. The molecule has 6 nitrogen and oxygen atoms in total. The molecule has 0 aliphatic carbocycles. The summed E-state index contributed by atoms with van der Waals surface area (Å²) in [7, 11) is 0. The van der Waals surface area contributed by atoms with Gasteiger partial charge in [-0.1, -0.05) is 86.6 Å². The van der Waals surface area contributed by atoms with Crippen molar-refractivity contribution in [2.45, 2.75) is 39.5 Å². The zero-order chi connectivity index (χ0) is 34.3. The number of rotatable bonds is 8. The van der Waals surface area contributed by atoms with E-state index in [1.54, 1.807) is 0 Å². The summed E-state index contributed by atoms with van der Waals surface area (Å²) in [6, 6.07) is 31.8. The first-order chi connectivity index (χ1) is 24.4. The van der Waals surface area contributed by atoms with E-state index >= 15 is 0 Å². The molecule has 0 unspecified atom stereocenters. The van der Waals surface area contributed by atoms with Crippen LogP contribution in [-0.2, 0) is 25.7 Å². The Balaban J connectivity index is 1.12. The number of benzene rings is 7. The minimum Gasteiger partial charge on any atom is -0.274 e. The third kappa shape index (κ3) is 4.34. The van der Waals surface area contributed by atoms with Gasteiger partial charge >= 0.3 is 0 Å². The molecule has 50 heavy (non-hydrogen) atoms. The minimum absolute atomic E-state index is 0.287. The second-order valence-corrected chi connectivity index (χ2v) is 13.5. The van der Waals surface area contributed by atoms with E-state index in [1.165, 1.54) is 20.9 Å². The number of hydrogen-bond donors (Lipinski definition) is 0. The number of aryl methyl sites for hydroxylation is 2. The Kier molecular flexibility index (Phi) is 6.85. The highest BCUT2D eigenvalue weighted by atomic mass is 16.2. The van der Waals surface area contributed by atoms with E-state index in [2.05, 4.69) is 62.4 Å². The Morgan fingerprint density at radius 3 is 0.920 bits per heavy atom. The van der Waals surface area contributed by atoms with Crippen LogP contribution in [0.5, 0.6) is 0 Å². The van der Waals surface area contributed by atoms with Crippen LogP contribution in [0.3, 0.4) is 0 Å². The predicted molar refractivity (Wildman–Crippen MR) is 197 cm³/mol. The number of carbonyl (C=O) groups excluding carboxylic acids is 4. The zero-order valence-corrected chi connectivity index (χ0v) is 28.0. The molecule has 0 fully saturated rings. The molecule has 0 radical (unpaired) electrons. The lowest BCUT2D eigenvalue weighted by molar-refractivity contribution is 0.0597. The standard InChI is InChI=1S/C44H34N2O4/c1-3-25-5-9-27(10-6-25)21-23-45-41(47)33-17-13-29-31-15-19-35-40-36(44(50)46(43(35)49)24-22-28-11-7-26(4-2)8-12-28)20-16-32(38(31)40)30-14-18-34(42(45)48)39(33)37(29)30/h5-20H,3-4,21-24H2,1-2H3. The van der Waals surface area contributed by atoms with Gasteiger partial charge in [0.15, 0.2) is 0 Å². The molecule has 0 spiro atoms. The summed E-state index contributed by atoms with van der Waals surface area (Å²) in [6.45, 7) is 4.82. The fourth-order valence-electron chi connectivity index (χ4n) is 8.14. The summed E-state index contributed by atoms with van der Waals surface area (Å²) in [6.07, 6.45) is 3.08. The second-order valence-electron chi connectivity index (χ2n) is 13.5. The molecule has 6 heteroatoms. The molecule has 0 saturated heterocycles. The van der Waals surface area contributed by atoms with Crippen molar-refractivity contribution >= 4 is 66.7 Å². The van der Waals surface area contributed by atoms with Gasteiger partial charge < -0.3 is 0 Å². The lowest BCUT2D eigenvalue weighted by Crippen LogP contribution is -2.41. The van der Waals surface area contributed by atoms with Gasteiger partial charge in [-0.25, -0.2) is 0 Å². The average molecular weight is 655 g/mol. The van der Waals surface area contributed by atoms with Crippen LogP contribution in [0.2, 0.25) is 0 Å². The molecule has 0 saturated carbocycles. The van der Waals surface area contributed by atoms with Gasteiger partial charge in [-0.2, -0.15) is 0 Å². The van der Waals surface area contributed by atoms with Crippen molar-refractivity contribution in [3.05, 3.63) is 142 Å². The average Bonchev–Trinajstić information content (AvgIpc) is 3.15. The largest absolute Gasteiger partial charge is 0.274 e. The van der Waals surface area contributed by atoms with E-state index in [1.807, 2.05) is 48.5 Å². The van der Waals surface area contributed by atoms with E-state index in [4.69, 9.17) is 0 Å². The fourth-order valence-corrected chi connectivity index (χ4v) is 8.14. The van der Waals surface area contributed by atoms with E-state index in [0.29, 0.717) is 59.0 Å². The van der Waals surface area contributed by atoms with Crippen LogP contribution in [-0.4, -0.2) is 46.5 Å². The third-order valence-corrected chi connectivity index (χ3v) is 10.9. The second kappa shape index (κ2) is 11.3. The molecule has 0 bridgehead atoms. The monoisotopic (exact) mass is 654 g/mol. The number of imide groups is 2. The predicted octanol–water partition coefficient (Wildman–Crippen LogP) is 8.54. The number of carbonyl (C=O) groups is 4. The smallest absolute Gasteiger partial charge is 0.261 e. The van der Waals surface area contributed by atoms with Crippen molar-refractivity contribution < 1.29 is 19.2 Å². The van der Waals surface area contributed by atoms with Crippen LogP contribution in [0.4, 0.5) is 0 Å². The van der Waals surface area contributed by atoms with Gasteiger partial charge in [0.2, 0.25) is 0 Å². The molecule has 0 atom stereocenters. The summed E-state index contributed by atoms with van der Waals surface area (Å²) < 4.78 is 0. The first-order valence-electron chi connectivity index (χ1n) is 17.5. The van der Waals surface area contributed by atoms with E-state index in [0.717, 1.165) is 56.3 Å². The Morgan fingerprint density at radius 2 is 0.640 bits per heavy atom. The van der Waals surface area contributed by atoms with Gasteiger partial charge in [-0.05, 0) is 105 Å². The molecular formula is C44H34N2O4. The van der Waals surface area contributed by atoms with Gasteiger partial charge in [0.25, 0.3) is 23.6 Å². The molecule has 0 N–H and O–H groups in total. The molecule has 2 aliphatic heterocycles. The topological polar surface area (TPSA) is 74.8 Å². The molecule has 7 aromatic rings. The Hall–Kier alpha value is -5.88. The fraction of sp³-hybridized carbons (Fsp3) is 0.182. The maximum absolute atomic E-state index is 13.9. The van der Waals surface area contributed by atoms with Crippen LogP contribution in [0.25, 0.3) is 43.1 Å². The molecule has 2 aliphatic rings. The summed E-state index contributed by atoms with van der Waals surface area (Å²) in [4.78, 5) is 58.5. The summed E-state index contributed by atoms with van der Waals surface area (Å²) in [5, 5.41) is 6.61. The van der Waals surface area contributed by atoms with Crippen molar-refractivity contribution in [3.8, 4) is 0 Å². The Bertz CT molecular complexity index is 2280. The number of amides is 4. The van der Waals surface area contributed by atoms with Gasteiger partial charge in [-0.15, -0.1) is 0 Å². The number of nitrogens with zero attached hydrogens (tertiary/aromatic N) is 2. The van der Waals surface area contributed by atoms with Crippen LogP contribution in [0, 0.1) is 0 Å². The van der Waals surface area contributed by atoms with Gasteiger partial charge in [0.05, 0.1) is 0 Å². The highest BCUT2D eigenvalue weighted by Crippen LogP contribution is 2.46. The van der Waals surface area contributed by atoms with Gasteiger partial charge in [-0.3, -0.25) is 29.0 Å². The van der Waals surface area contributed by atoms with E-state index < -0.39 is 0 Å². The molecule has 9 rings (SSSR count). The van der Waals surface area contributed by atoms with Crippen molar-refractivity contribution in [2.75, 3.05) is 13.1 Å². The number of hydrogen-bond acceptors (Lipinski definition) is 4. The van der Waals surface area contributed by atoms with Crippen molar-refractivity contribution in [1.82, 2.24) is 9.80 Å². The Morgan fingerprint density at radius 1 is 0.360 bits per heavy atom. The van der Waals surface area contributed by atoms with Crippen LogP contribution < -0.4 is 0 Å². The van der Waals surface area contributed by atoms with E-state index in [9.17, 15) is 19.2 Å². The van der Waals surface area contributed by atoms with Gasteiger partial charge in [0.1, 0.15) is 0 Å². The maximum atomic E-state index is 13.9. The molecular weight excluding hydrogens is 620 g/mol. The van der Waals surface area contributed by atoms with Crippen molar-refractivity contribution in [1.29, 1.82) is 0 Å². The quantitative estimate of drug-likeness (QED) is 0.0935. The summed E-state index contributed by atoms with van der Waals surface area (Å²) >= 11 is 0.